The first-order valence-corrected chi connectivity index (χ1v) is 6.99. The van der Waals surface area contributed by atoms with Crippen LogP contribution in [0.1, 0.15) is 5.56 Å². The molecule has 0 aliphatic heterocycles. The largest absolute Gasteiger partial charge is 0.308 e. The van der Waals surface area contributed by atoms with E-state index in [1.54, 1.807) is 48.8 Å². The van der Waals surface area contributed by atoms with Gasteiger partial charge in [-0.1, -0.05) is 0 Å². The van der Waals surface area contributed by atoms with Gasteiger partial charge in [0.05, 0.1) is 34.6 Å². The Kier molecular flexibility index (Phi) is 4.12. The predicted molar refractivity (Wildman–Crippen MR) is 88.1 cm³/mol. The van der Waals surface area contributed by atoms with Gasteiger partial charge in [0.2, 0.25) is 0 Å². The summed E-state index contributed by atoms with van der Waals surface area (Å²) in [7, 11) is 0. The van der Waals surface area contributed by atoms with Gasteiger partial charge in [-0.05, 0) is 36.4 Å². The minimum atomic E-state index is -0.443. The summed E-state index contributed by atoms with van der Waals surface area (Å²) in [6.45, 7) is 0. The molecule has 1 aromatic heterocycles. The van der Waals surface area contributed by atoms with E-state index in [0.717, 1.165) is 11.4 Å². The first kappa shape index (κ1) is 15.1. The number of nitro groups is 1. The molecular weight excluding hydrogens is 306 g/mol. The van der Waals surface area contributed by atoms with Crippen LogP contribution in [0.2, 0.25) is 0 Å². The molecule has 0 amide bonds. The molecule has 0 fully saturated rings. The predicted octanol–water partition coefficient (Wildman–Crippen LogP) is 3.73. The van der Waals surface area contributed by atoms with Crippen molar-refractivity contribution in [2.24, 2.45) is 0 Å². The van der Waals surface area contributed by atoms with Crippen molar-refractivity contribution in [1.82, 2.24) is 9.97 Å². The van der Waals surface area contributed by atoms with Crippen LogP contribution in [0.3, 0.4) is 0 Å². The van der Waals surface area contributed by atoms with Crippen molar-refractivity contribution < 1.29 is 4.92 Å². The molecule has 0 unspecified atom stereocenters. The lowest BCUT2D eigenvalue weighted by atomic mass is 10.1. The Labute approximate surface area is 137 Å². The Morgan fingerprint density at radius 2 is 1.46 bits per heavy atom. The molecule has 0 aliphatic rings. The molecule has 0 radical (unpaired) electrons. The summed E-state index contributed by atoms with van der Waals surface area (Å²) in [6.07, 6.45) is 4.72. The minimum absolute atomic E-state index is 0.0165. The molecule has 3 aromatic rings. The highest BCUT2D eigenvalue weighted by Crippen LogP contribution is 2.34. The first-order valence-electron chi connectivity index (χ1n) is 6.99. The van der Waals surface area contributed by atoms with Crippen molar-refractivity contribution in [2.45, 2.75) is 0 Å². The van der Waals surface area contributed by atoms with Crippen molar-refractivity contribution >= 4 is 22.7 Å². The van der Waals surface area contributed by atoms with Crippen LogP contribution in [0.15, 0.2) is 67.3 Å². The zero-order chi connectivity index (χ0) is 16.9. The van der Waals surface area contributed by atoms with Crippen LogP contribution in [0.25, 0.3) is 0 Å². The average molecular weight is 317 g/mol. The molecule has 0 atom stereocenters. The molecule has 0 aliphatic carbocycles. The number of non-ortho nitro benzene ring substituents is 1. The second-order valence-electron chi connectivity index (χ2n) is 4.86. The van der Waals surface area contributed by atoms with Crippen molar-refractivity contribution in [3.05, 3.63) is 82.9 Å². The Hall–Kier alpha value is -3.79. The summed E-state index contributed by atoms with van der Waals surface area (Å²) in [5.74, 6) is 0. The average Bonchev–Trinajstić information content (AvgIpc) is 2.64. The molecule has 24 heavy (non-hydrogen) atoms. The summed E-state index contributed by atoms with van der Waals surface area (Å²) < 4.78 is 0. The first-order chi connectivity index (χ1) is 11.7. The lowest BCUT2D eigenvalue weighted by Gasteiger charge is -2.24. The van der Waals surface area contributed by atoms with Crippen molar-refractivity contribution in [3.8, 4) is 6.07 Å². The van der Waals surface area contributed by atoms with Gasteiger partial charge in [0, 0.05) is 23.5 Å². The molecule has 1 heterocycles. The van der Waals surface area contributed by atoms with E-state index in [9.17, 15) is 10.1 Å². The van der Waals surface area contributed by atoms with Gasteiger partial charge in [0.1, 0.15) is 6.33 Å². The summed E-state index contributed by atoms with van der Waals surface area (Å²) >= 11 is 0. The molecule has 116 valence electrons. The van der Waals surface area contributed by atoms with E-state index in [0.29, 0.717) is 11.3 Å². The Morgan fingerprint density at radius 1 is 0.917 bits per heavy atom. The van der Waals surface area contributed by atoms with Crippen LogP contribution >= 0.6 is 0 Å². The van der Waals surface area contributed by atoms with Gasteiger partial charge in [-0.25, -0.2) is 9.97 Å². The Bertz CT molecular complexity index is 887. The van der Waals surface area contributed by atoms with E-state index in [1.807, 2.05) is 4.90 Å². The van der Waals surface area contributed by atoms with Crippen molar-refractivity contribution in [1.29, 1.82) is 5.26 Å². The highest BCUT2D eigenvalue weighted by molar-refractivity contribution is 5.76. The summed E-state index contributed by atoms with van der Waals surface area (Å²) in [4.78, 5) is 20.3. The van der Waals surface area contributed by atoms with Gasteiger partial charge in [-0.15, -0.1) is 0 Å². The summed E-state index contributed by atoms with van der Waals surface area (Å²) in [5, 5.41) is 19.8. The van der Waals surface area contributed by atoms with Gasteiger partial charge in [-0.2, -0.15) is 5.26 Å². The maximum Gasteiger partial charge on any atom is 0.269 e. The molecule has 7 nitrogen and oxygen atoms in total. The fourth-order valence-electron chi connectivity index (χ4n) is 2.26. The van der Waals surface area contributed by atoms with E-state index < -0.39 is 4.92 Å². The van der Waals surface area contributed by atoms with Crippen molar-refractivity contribution in [3.63, 3.8) is 0 Å². The van der Waals surface area contributed by atoms with Gasteiger partial charge in [0.25, 0.3) is 5.69 Å². The number of anilines is 3. The van der Waals surface area contributed by atoms with Crippen LogP contribution in [-0.2, 0) is 0 Å². The van der Waals surface area contributed by atoms with Gasteiger partial charge in [-0.3, -0.25) is 10.1 Å². The third-order valence-electron chi connectivity index (χ3n) is 3.38. The molecule has 0 saturated carbocycles. The van der Waals surface area contributed by atoms with Crippen LogP contribution in [0, 0.1) is 21.4 Å². The van der Waals surface area contributed by atoms with E-state index in [4.69, 9.17) is 5.26 Å². The van der Waals surface area contributed by atoms with Crippen LogP contribution in [-0.4, -0.2) is 14.9 Å². The number of benzene rings is 2. The zero-order valence-electron chi connectivity index (χ0n) is 12.4. The van der Waals surface area contributed by atoms with Gasteiger partial charge < -0.3 is 4.90 Å². The molecule has 3 rings (SSSR count). The Balaban J connectivity index is 2.08. The number of nitriles is 1. The maximum absolute atomic E-state index is 10.8. The third kappa shape index (κ3) is 3.03. The fourth-order valence-corrected chi connectivity index (χ4v) is 2.26. The minimum Gasteiger partial charge on any atom is -0.308 e. The van der Waals surface area contributed by atoms with Gasteiger partial charge in [0.15, 0.2) is 0 Å². The van der Waals surface area contributed by atoms with Crippen molar-refractivity contribution in [2.75, 3.05) is 4.90 Å². The lowest BCUT2D eigenvalue weighted by Crippen LogP contribution is -2.10. The maximum atomic E-state index is 10.8. The quantitative estimate of drug-likeness (QED) is 0.537. The van der Waals surface area contributed by atoms with E-state index in [1.165, 1.54) is 18.5 Å². The lowest BCUT2D eigenvalue weighted by molar-refractivity contribution is -0.384. The van der Waals surface area contributed by atoms with E-state index in [-0.39, 0.29) is 5.69 Å². The SMILES string of the molecule is N#Cc1ccc(N(c2ccc([N+](=O)[O-])cc2)c2cncnc2)cc1. The third-order valence-corrected chi connectivity index (χ3v) is 3.38. The summed E-state index contributed by atoms with van der Waals surface area (Å²) in [6, 6.07) is 15.3. The molecule has 0 N–H and O–H groups in total. The standard InChI is InChI=1S/C17H11N5O2/c18-9-13-1-3-14(4-2-13)21(17-10-19-12-20-11-17)15-5-7-16(8-6-15)22(23)24/h1-8,10-12H. The summed E-state index contributed by atoms with van der Waals surface area (Å²) in [5.41, 5.74) is 2.78. The molecule has 2 aromatic carbocycles. The Morgan fingerprint density at radius 3 is 1.96 bits per heavy atom. The molecule has 0 bridgehead atoms. The van der Waals surface area contributed by atoms with Crippen LogP contribution in [0.4, 0.5) is 22.7 Å². The number of nitro benzene ring substituents is 1. The highest BCUT2D eigenvalue weighted by Gasteiger charge is 2.14. The molecule has 7 heteroatoms. The number of hydrogen-bond acceptors (Lipinski definition) is 6. The monoisotopic (exact) mass is 317 g/mol. The number of rotatable bonds is 4. The van der Waals surface area contributed by atoms with Crippen LogP contribution < -0.4 is 4.90 Å². The molecule has 0 saturated heterocycles. The second-order valence-corrected chi connectivity index (χ2v) is 4.86. The topological polar surface area (TPSA) is 96.0 Å². The number of aromatic nitrogens is 2. The van der Waals surface area contributed by atoms with Crippen LogP contribution in [0.5, 0.6) is 0 Å². The smallest absolute Gasteiger partial charge is 0.269 e. The fraction of sp³-hybridized carbons (Fsp3) is 0. The second kappa shape index (κ2) is 6.54. The normalized spacial score (nSPS) is 9.96. The zero-order valence-corrected chi connectivity index (χ0v) is 12.4. The number of nitrogens with zero attached hydrogens (tertiary/aromatic N) is 5. The molecule has 0 spiro atoms. The van der Waals surface area contributed by atoms with Gasteiger partial charge >= 0.3 is 0 Å². The van der Waals surface area contributed by atoms with E-state index in [2.05, 4.69) is 16.0 Å². The van der Waals surface area contributed by atoms with E-state index >= 15 is 0 Å². The number of hydrogen-bond donors (Lipinski definition) is 0. The highest BCUT2D eigenvalue weighted by atomic mass is 16.6. The molecular formula is C17H11N5O2.